The first kappa shape index (κ1) is 21.5. The maximum absolute atomic E-state index is 6.22. The number of rotatable bonds is 3. The Hall–Kier alpha value is -0.850. The molecule has 1 fully saturated rings. The van der Waals surface area contributed by atoms with Gasteiger partial charge in [0.2, 0.25) is 0 Å². The molecule has 144 valence electrons. The third-order valence-corrected chi connectivity index (χ3v) is 6.13. The van der Waals surface area contributed by atoms with E-state index < -0.39 is 0 Å². The molecule has 0 radical (unpaired) electrons. The standard InChI is InChI=1S/C18H24ClN5.2ClH/c19-15-3-1-2-14(10-15)18(12-20)6-4-16(5-7-18)23-8-9-24-17(11-23)21-13-22-24;;/h1-3,10,13,16H,4-9,11-12,20H2;2*1H/t16-,18-;;. The van der Waals surface area contributed by atoms with Crippen molar-refractivity contribution in [1.29, 1.82) is 0 Å². The molecule has 0 bridgehead atoms. The average Bonchev–Trinajstić information content (AvgIpc) is 3.09. The van der Waals surface area contributed by atoms with Crippen LogP contribution >= 0.6 is 36.4 Å². The third-order valence-electron chi connectivity index (χ3n) is 5.90. The van der Waals surface area contributed by atoms with Crippen molar-refractivity contribution in [2.24, 2.45) is 5.73 Å². The molecule has 1 aliphatic heterocycles. The third kappa shape index (κ3) is 4.02. The normalized spacial score (nSPS) is 25.7. The van der Waals surface area contributed by atoms with Gasteiger partial charge >= 0.3 is 0 Å². The fourth-order valence-electron chi connectivity index (χ4n) is 4.34. The molecule has 1 aromatic heterocycles. The molecular formula is C18H26Cl3N5. The number of fused-ring (bicyclic) bond motifs is 1. The second-order valence-electron chi connectivity index (χ2n) is 7.10. The van der Waals surface area contributed by atoms with Crippen molar-refractivity contribution >= 4 is 36.4 Å². The molecule has 4 rings (SSSR count). The summed E-state index contributed by atoms with van der Waals surface area (Å²) in [7, 11) is 0. The predicted molar refractivity (Wildman–Crippen MR) is 109 cm³/mol. The summed E-state index contributed by atoms with van der Waals surface area (Å²) in [5.74, 6) is 1.09. The Morgan fingerprint density at radius 1 is 1.19 bits per heavy atom. The zero-order valence-corrected chi connectivity index (χ0v) is 17.1. The Labute approximate surface area is 172 Å². The van der Waals surface area contributed by atoms with Crippen LogP contribution in [0, 0.1) is 0 Å². The van der Waals surface area contributed by atoms with Crippen molar-refractivity contribution in [2.75, 3.05) is 13.1 Å². The smallest absolute Gasteiger partial charge is 0.141 e. The van der Waals surface area contributed by atoms with Gasteiger partial charge in [-0.25, -0.2) is 9.67 Å². The Morgan fingerprint density at radius 3 is 2.65 bits per heavy atom. The minimum Gasteiger partial charge on any atom is -0.330 e. The van der Waals surface area contributed by atoms with Crippen molar-refractivity contribution in [3.8, 4) is 0 Å². The van der Waals surface area contributed by atoms with Gasteiger partial charge in [-0.05, 0) is 43.4 Å². The van der Waals surface area contributed by atoms with E-state index >= 15 is 0 Å². The van der Waals surface area contributed by atoms with E-state index in [1.54, 1.807) is 6.33 Å². The summed E-state index contributed by atoms with van der Waals surface area (Å²) in [4.78, 5) is 6.95. The Balaban J connectivity index is 0.00000121. The Bertz CT molecular complexity index is 712. The molecule has 2 aromatic rings. The van der Waals surface area contributed by atoms with E-state index in [1.807, 2.05) is 16.8 Å². The summed E-state index contributed by atoms with van der Waals surface area (Å²) in [6.07, 6.45) is 6.27. The Morgan fingerprint density at radius 2 is 1.96 bits per heavy atom. The largest absolute Gasteiger partial charge is 0.330 e. The highest BCUT2D eigenvalue weighted by atomic mass is 35.5. The zero-order chi connectivity index (χ0) is 16.6. The minimum absolute atomic E-state index is 0. The first-order valence-electron chi connectivity index (χ1n) is 8.77. The minimum atomic E-state index is 0. The molecular weight excluding hydrogens is 393 g/mol. The molecule has 1 saturated carbocycles. The van der Waals surface area contributed by atoms with Crippen molar-refractivity contribution in [1.82, 2.24) is 19.7 Å². The van der Waals surface area contributed by atoms with Gasteiger partial charge in [-0.15, -0.1) is 24.8 Å². The zero-order valence-electron chi connectivity index (χ0n) is 14.7. The molecule has 2 heterocycles. The van der Waals surface area contributed by atoms with E-state index in [-0.39, 0.29) is 30.2 Å². The highest BCUT2D eigenvalue weighted by molar-refractivity contribution is 6.30. The van der Waals surface area contributed by atoms with Crippen molar-refractivity contribution in [3.63, 3.8) is 0 Å². The summed E-state index contributed by atoms with van der Waals surface area (Å²) in [5, 5.41) is 5.07. The van der Waals surface area contributed by atoms with Crippen LogP contribution in [-0.2, 0) is 18.5 Å². The second-order valence-corrected chi connectivity index (χ2v) is 7.53. The lowest BCUT2D eigenvalue weighted by Gasteiger charge is -2.44. The van der Waals surface area contributed by atoms with Crippen LogP contribution in [0.3, 0.4) is 0 Å². The number of nitrogens with zero attached hydrogens (tertiary/aromatic N) is 4. The maximum atomic E-state index is 6.22. The van der Waals surface area contributed by atoms with Gasteiger partial charge in [-0.2, -0.15) is 5.10 Å². The number of nitrogens with two attached hydrogens (primary N) is 1. The van der Waals surface area contributed by atoms with Crippen LogP contribution in [-0.4, -0.2) is 38.8 Å². The molecule has 2 aliphatic rings. The van der Waals surface area contributed by atoms with Crippen LogP contribution in [0.1, 0.15) is 37.1 Å². The van der Waals surface area contributed by atoms with Gasteiger partial charge in [0.05, 0.1) is 13.1 Å². The molecule has 1 aromatic carbocycles. The predicted octanol–water partition coefficient (Wildman–Crippen LogP) is 3.43. The Kier molecular flexibility index (Phi) is 7.34. The van der Waals surface area contributed by atoms with Gasteiger partial charge in [0.1, 0.15) is 12.2 Å². The number of hydrogen-bond acceptors (Lipinski definition) is 4. The van der Waals surface area contributed by atoms with Crippen LogP contribution in [0.2, 0.25) is 5.02 Å². The van der Waals surface area contributed by atoms with Gasteiger partial charge in [-0.3, -0.25) is 4.90 Å². The molecule has 26 heavy (non-hydrogen) atoms. The lowest BCUT2D eigenvalue weighted by Crippen LogP contribution is -2.47. The van der Waals surface area contributed by atoms with Crippen molar-refractivity contribution in [2.45, 2.75) is 50.2 Å². The molecule has 5 nitrogen and oxygen atoms in total. The number of aromatic nitrogens is 3. The molecule has 0 amide bonds. The summed E-state index contributed by atoms with van der Waals surface area (Å²) in [5.41, 5.74) is 7.60. The summed E-state index contributed by atoms with van der Waals surface area (Å²) in [6, 6.07) is 8.87. The van der Waals surface area contributed by atoms with E-state index in [1.165, 1.54) is 18.4 Å². The van der Waals surface area contributed by atoms with E-state index in [0.717, 1.165) is 43.3 Å². The monoisotopic (exact) mass is 417 g/mol. The average molecular weight is 419 g/mol. The summed E-state index contributed by atoms with van der Waals surface area (Å²) >= 11 is 6.21. The quantitative estimate of drug-likeness (QED) is 0.829. The number of benzene rings is 1. The maximum Gasteiger partial charge on any atom is 0.141 e. The molecule has 0 spiro atoms. The molecule has 0 saturated heterocycles. The lowest BCUT2D eigenvalue weighted by molar-refractivity contribution is 0.0948. The van der Waals surface area contributed by atoms with Gasteiger partial charge in [0, 0.05) is 29.6 Å². The highest BCUT2D eigenvalue weighted by Gasteiger charge is 2.38. The van der Waals surface area contributed by atoms with Crippen LogP contribution in [0.25, 0.3) is 0 Å². The van der Waals surface area contributed by atoms with E-state index in [4.69, 9.17) is 17.3 Å². The van der Waals surface area contributed by atoms with E-state index in [0.29, 0.717) is 12.6 Å². The SMILES string of the molecule is Cl.Cl.NC[C@]1(c2cccc(Cl)c2)CC[C@H](N2CCn3ncnc3C2)CC1. The van der Waals surface area contributed by atoms with Crippen molar-refractivity contribution in [3.05, 3.63) is 47.0 Å². The number of halogens is 3. The fourth-order valence-corrected chi connectivity index (χ4v) is 4.53. The van der Waals surface area contributed by atoms with Crippen LogP contribution in [0.4, 0.5) is 0 Å². The molecule has 0 unspecified atom stereocenters. The van der Waals surface area contributed by atoms with Crippen LogP contribution in [0.5, 0.6) is 0 Å². The molecule has 2 N–H and O–H groups in total. The van der Waals surface area contributed by atoms with Gasteiger partial charge in [-0.1, -0.05) is 23.7 Å². The van der Waals surface area contributed by atoms with Gasteiger partial charge in [0.25, 0.3) is 0 Å². The number of hydrogen-bond donors (Lipinski definition) is 1. The highest BCUT2D eigenvalue weighted by Crippen LogP contribution is 2.41. The molecule has 0 atom stereocenters. The topological polar surface area (TPSA) is 60.0 Å². The first-order chi connectivity index (χ1) is 11.7. The second kappa shape index (κ2) is 8.89. The first-order valence-corrected chi connectivity index (χ1v) is 9.15. The molecule has 8 heteroatoms. The van der Waals surface area contributed by atoms with E-state index in [9.17, 15) is 0 Å². The van der Waals surface area contributed by atoms with Gasteiger partial charge < -0.3 is 5.73 Å². The lowest BCUT2D eigenvalue weighted by atomic mass is 9.68. The fraction of sp³-hybridized carbons (Fsp3) is 0.556. The summed E-state index contributed by atoms with van der Waals surface area (Å²) in [6.45, 7) is 3.61. The summed E-state index contributed by atoms with van der Waals surface area (Å²) < 4.78 is 2.02. The van der Waals surface area contributed by atoms with Crippen molar-refractivity contribution < 1.29 is 0 Å². The van der Waals surface area contributed by atoms with Crippen LogP contribution < -0.4 is 5.73 Å². The van der Waals surface area contributed by atoms with Gasteiger partial charge in [0.15, 0.2) is 0 Å². The molecule has 1 aliphatic carbocycles. The van der Waals surface area contributed by atoms with E-state index in [2.05, 4.69) is 27.1 Å². The van der Waals surface area contributed by atoms with Crippen LogP contribution in [0.15, 0.2) is 30.6 Å².